The minimum atomic E-state index is -0.510. The third kappa shape index (κ3) is 2.80. The van der Waals surface area contributed by atoms with Gasteiger partial charge in [0.2, 0.25) is 0 Å². The van der Waals surface area contributed by atoms with Crippen molar-refractivity contribution >= 4 is 0 Å². The summed E-state index contributed by atoms with van der Waals surface area (Å²) in [5.74, 6) is 0.360. The maximum atomic E-state index is 13.7. The molecular formula is C13H18FNO3. The molecule has 0 unspecified atom stereocenters. The molecule has 0 aliphatic carbocycles. The molecule has 0 amide bonds. The van der Waals surface area contributed by atoms with Gasteiger partial charge in [0.1, 0.15) is 11.6 Å². The number of aliphatic hydroxyl groups is 1. The van der Waals surface area contributed by atoms with E-state index in [0.29, 0.717) is 31.1 Å². The Morgan fingerprint density at radius 1 is 1.50 bits per heavy atom. The normalized spacial score (nSPS) is 23.6. The second-order valence-electron chi connectivity index (χ2n) is 4.54. The third-order valence-corrected chi connectivity index (χ3v) is 3.26. The Morgan fingerprint density at radius 2 is 2.28 bits per heavy atom. The summed E-state index contributed by atoms with van der Waals surface area (Å²) in [7, 11) is 3.40. The molecule has 0 bridgehead atoms. The summed E-state index contributed by atoms with van der Waals surface area (Å²) < 4.78 is 23.9. The average molecular weight is 255 g/mol. The van der Waals surface area contributed by atoms with E-state index in [4.69, 9.17) is 9.47 Å². The van der Waals surface area contributed by atoms with Crippen molar-refractivity contribution < 1.29 is 19.0 Å². The van der Waals surface area contributed by atoms with Crippen LogP contribution in [0.5, 0.6) is 5.75 Å². The lowest BCUT2D eigenvalue weighted by atomic mass is 10.1. The topological polar surface area (TPSA) is 41.9 Å². The lowest BCUT2D eigenvalue weighted by Crippen LogP contribution is -2.40. The molecule has 1 saturated heterocycles. The minimum absolute atomic E-state index is 0.0874. The number of benzene rings is 1. The number of methoxy groups -OCH3 is 1. The van der Waals surface area contributed by atoms with Gasteiger partial charge in [-0.25, -0.2) is 4.39 Å². The highest BCUT2D eigenvalue weighted by atomic mass is 19.1. The van der Waals surface area contributed by atoms with E-state index in [1.807, 2.05) is 11.9 Å². The third-order valence-electron chi connectivity index (χ3n) is 3.26. The molecule has 1 N–H and O–H groups in total. The second-order valence-corrected chi connectivity index (χ2v) is 4.54. The largest absolute Gasteiger partial charge is 0.497 e. The Balaban J connectivity index is 2.08. The zero-order chi connectivity index (χ0) is 13.1. The highest BCUT2D eigenvalue weighted by molar-refractivity contribution is 5.29. The van der Waals surface area contributed by atoms with Crippen LogP contribution in [0.2, 0.25) is 0 Å². The molecule has 1 aromatic carbocycles. The predicted molar refractivity (Wildman–Crippen MR) is 65.0 cm³/mol. The number of hydrogen-bond acceptors (Lipinski definition) is 4. The highest BCUT2D eigenvalue weighted by Crippen LogP contribution is 2.20. The number of likely N-dealkylation sites (N-methyl/N-ethyl adjacent to an activating group) is 1. The fraction of sp³-hybridized carbons (Fsp3) is 0.538. The van der Waals surface area contributed by atoms with E-state index in [1.165, 1.54) is 6.07 Å². The van der Waals surface area contributed by atoms with Crippen molar-refractivity contribution in [1.29, 1.82) is 0 Å². The second kappa shape index (κ2) is 5.65. The van der Waals surface area contributed by atoms with E-state index in [1.54, 1.807) is 19.2 Å². The van der Waals surface area contributed by atoms with Crippen LogP contribution in [0.1, 0.15) is 5.56 Å². The molecule has 0 radical (unpaired) electrons. The van der Waals surface area contributed by atoms with E-state index in [0.717, 1.165) is 0 Å². The van der Waals surface area contributed by atoms with Gasteiger partial charge in [-0.15, -0.1) is 0 Å². The van der Waals surface area contributed by atoms with Crippen LogP contribution in [-0.2, 0) is 11.3 Å². The monoisotopic (exact) mass is 255 g/mol. The summed E-state index contributed by atoms with van der Waals surface area (Å²) in [5.41, 5.74) is 0.552. The van der Waals surface area contributed by atoms with Crippen molar-refractivity contribution in [2.24, 2.45) is 0 Å². The van der Waals surface area contributed by atoms with Crippen LogP contribution in [0.25, 0.3) is 0 Å². The van der Waals surface area contributed by atoms with Crippen molar-refractivity contribution in [1.82, 2.24) is 4.90 Å². The Kier molecular flexibility index (Phi) is 4.16. The van der Waals surface area contributed by atoms with Crippen LogP contribution in [0.4, 0.5) is 4.39 Å². The average Bonchev–Trinajstić information content (AvgIpc) is 2.78. The Labute approximate surface area is 106 Å². The number of halogens is 1. The smallest absolute Gasteiger partial charge is 0.127 e. The Bertz CT molecular complexity index is 413. The fourth-order valence-electron chi connectivity index (χ4n) is 2.14. The van der Waals surface area contributed by atoms with Crippen molar-refractivity contribution in [2.75, 3.05) is 27.4 Å². The lowest BCUT2D eigenvalue weighted by Gasteiger charge is -2.25. The van der Waals surface area contributed by atoms with E-state index in [2.05, 4.69) is 0 Å². The zero-order valence-corrected chi connectivity index (χ0v) is 10.6. The molecule has 0 saturated carbocycles. The van der Waals surface area contributed by atoms with E-state index in [-0.39, 0.29) is 11.9 Å². The van der Waals surface area contributed by atoms with Gasteiger partial charge < -0.3 is 14.6 Å². The molecule has 2 atom stereocenters. The number of hydrogen-bond donors (Lipinski definition) is 1. The Morgan fingerprint density at radius 3 is 2.89 bits per heavy atom. The molecule has 0 aromatic heterocycles. The van der Waals surface area contributed by atoms with Crippen molar-refractivity contribution in [2.45, 2.75) is 18.7 Å². The molecular weight excluding hydrogens is 237 g/mol. The molecule has 1 aliphatic rings. The quantitative estimate of drug-likeness (QED) is 0.872. The van der Waals surface area contributed by atoms with E-state index < -0.39 is 6.10 Å². The van der Waals surface area contributed by atoms with Crippen LogP contribution in [0.15, 0.2) is 18.2 Å². The highest BCUT2D eigenvalue weighted by Gasteiger charge is 2.29. The first-order valence-electron chi connectivity index (χ1n) is 5.90. The molecule has 1 aromatic rings. The van der Waals surface area contributed by atoms with Gasteiger partial charge in [-0.05, 0) is 25.2 Å². The van der Waals surface area contributed by atoms with Crippen LogP contribution >= 0.6 is 0 Å². The van der Waals surface area contributed by atoms with Gasteiger partial charge in [0.25, 0.3) is 0 Å². The first-order valence-corrected chi connectivity index (χ1v) is 5.90. The SMILES string of the molecule is COc1ccc(F)c(CN(C)[C@H]2COC[C@@H]2O)c1. The Hall–Kier alpha value is -1.17. The maximum Gasteiger partial charge on any atom is 0.127 e. The first kappa shape index (κ1) is 13.3. The van der Waals surface area contributed by atoms with Gasteiger partial charge in [0, 0.05) is 12.1 Å². The molecule has 18 heavy (non-hydrogen) atoms. The number of nitrogens with zero attached hydrogens (tertiary/aromatic N) is 1. The molecule has 0 spiro atoms. The van der Waals surface area contributed by atoms with Gasteiger partial charge in [0.15, 0.2) is 0 Å². The summed E-state index contributed by atoms with van der Waals surface area (Å²) >= 11 is 0. The maximum absolute atomic E-state index is 13.7. The van der Waals surface area contributed by atoms with Crippen molar-refractivity contribution in [3.8, 4) is 5.75 Å². The molecule has 4 nitrogen and oxygen atoms in total. The van der Waals surface area contributed by atoms with Crippen LogP contribution < -0.4 is 4.74 Å². The van der Waals surface area contributed by atoms with Crippen LogP contribution in [0.3, 0.4) is 0 Å². The summed E-state index contributed by atoms with van der Waals surface area (Å²) in [4.78, 5) is 1.90. The molecule has 1 fully saturated rings. The number of rotatable bonds is 4. The summed E-state index contributed by atoms with van der Waals surface area (Å²) in [6.07, 6.45) is -0.510. The summed E-state index contributed by atoms with van der Waals surface area (Å²) in [6, 6.07) is 4.57. The van der Waals surface area contributed by atoms with Gasteiger partial charge in [-0.2, -0.15) is 0 Å². The van der Waals surface area contributed by atoms with Gasteiger partial charge >= 0.3 is 0 Å². The predicted octanol–water partition coefficient (Wildman–Crippen LogP) is 1.03. The van der Waals surface area contributed by atoms with Gasteiger partial charge in [-0.3, -0.25) is 4.90 Å². The molecule has 1 aliphatic heterocycles. The molecule has 100 valence electrons. The van der Waals surface area contributed by atoms with Crippen molar-refractivity contribution in [3.05, 3.63) is 29.6 Å². The fourth-order valence-corrected chi connectivity index (χ4v) is 2.14. The minimum Gasteiger partial charge on any atom is -0.497 e. The van der Waals surface area contributed by atoms with Crippen molar-refractivity contribution in [3.63, 3.8) is 0 Å². The summed E-state index contributed by atoms with van der Waals surface area (Å²) in [5, 5.41) is 9.72. The standard InChI is InChI=1S/C13H18FNO3/c1-15(12-7-18-8-13(12)16)6-9-5-10(17-2)3-4-11(9)14/h3-5,12-13,16H,6-8H2,1-2H3/t12-,13-/m0/s1. The lowest BCUT2D eigenvalue weighted by molar-refractivity contribution is 0.0920. The molecule has 1 heterocycles. The van der Waals surface area contributed by atoms with Crippen LogP contribution in [0, 0.1) is 5.82 Å². The zero-order valence-electron chi connectivity index (χ0n) is 10.6. The molecule has 2 rings (SSSR count). The number of aliphatic hydroxyl groups excluding tert-OH is 1. The van der Waals surface area contributed by atoms with E-state index >= 15 is 0 Å². The summed E-state index contributed by atoms with van der Waals surface area (Å²) in [6.45, 7) is 1.23. The van der Waals surface area contributed by atoms with Gasteiger partial charge in [-0.1, -0.05) is 0 Å². The van der Waals surface area contributed by atoms with Crippen LogP contribution in [-0.4, -0.2) is 49.5 Å². The van der Waals surface area contributed by atoms with E-state index in [9.17, 15) is 9.50 Å². The molecule has 5 heteroatoms. The number of ether oxygens (including phenoxy) is 2. The van der Waals surface area contributed by atoms with Gasteiger partial charge in [0.05, 0.1) is 32.5 Å². The first-order chi connectivity index (χ1) is 8.61.